The highest BCUT2D eigenvalue weighted by molar-refractivity contribution is 7.93. The molecule has 2 N–H and O–H groups in total. The van der Waals surface area contributed by atoms with E-state index in [0.29, 0.717) is 12.1 Å². The fraction of sp³-hybridized carbons (Fsp3) is 0.292. The first kappa shape index (κ1) is 29.9. The van der Waals surface area contributed by atoms with Crippen LogP contribution < -0.4 is 14.4 Å². The van der Waals surface area contributed by atoms with E-state index >= 15 is 8.78 Å². The van der Waals surface area contributed by atoms with Crippen LogP contribution in [0.25, 0.3) is 0 Å². The highest BCUT2D eigenvalue weighted by Crippen LogP contribution is 2.31. The second-order valence-corrected chi connectivity index (χ2v) is 11.5. The molecule has 0 aliphatic heterocycles. The third-order valence-electron chi connectivity index (χ3n) is 4.88. The fourth-order valence-corrected chi connectivity index (χ4v) is 5.27. The molecule has 2 amide bonds. The number of aliphatic hydroxyl groups excluding tert-OH is 1. The van der Waals surface area contributed by atoms with Gasteiger partial charge in [0.1, 0.15) is 28.8 Å². The van der Waals surface area contributed by atoms with Crippen molar-refractivity contribution < 1.29 is 45.8 Å². The molecule has 0 spiro atoms. The van der Waals surface area contributed by atoms with Gasteiger partial charge in [0.2, 0.25) is 0 Å². The monoisotopic (exact) mass is 587 g/mol. The van der Waals surface area contributed by atoms with E-state index in [2.05, 4.69) is 10.3 Å². The van der Waals surface area contributed by atoms with Crippen LogP contribution in [0.4, 0.5) is 28.6 Å². The number of carbonyl (C=O) groups is 2. The summed E-state index contributed by atoms with van der Waals surface area (Å²) in [4.78, 5) is 27.2. The second-order valence-electron chi connectivity index (χ2n) is 9.04. The summed E-state index contributed by atoms with van der Waals surface area (Å²) in [5.74, 6) is -5.23. The predicted molar refractivity (Wildman–Crippen MR) is 134 cm³/mol. The maximum Gasteiger partial charge on any atom is 0.430 e. The van der Waals surface area contributed by atoms with Crippen molar-refractivity contribution in [1.82, 2.24) is 10.3 Å². The Bertz CT molecular complexity index is 1450. The summed E-state index contributed by atoms with van der Waals surface area (Å²) in [7, 11) is -5.23. The fourth-order valence-electron chi connectivity index (χ4n) is 3.31. The summed E-state index contributed by atoms with van der Waals surface area (Å²) in [6.45, 7) is 5.36. The molecule has 0 aliphatic rings. The number of hydrogen-bond donors (Lipinski definition) is 2. The number of hydrogen-bond acceptors (Lipinski definition) is 9. The van der Waals surface area contributed by atoms with Crippen LogP contribution in [0.5, 0.6) is 5.75 Å². The minimum Gasteiger partial charge on any atom is -0.443 e. The van der Waals surface area contributed by atoms with Crippen LogP contribution in [0.3, 0.4) is 0 Å². The van der Waals surface area contributed by atoms with E-state index in [0.717, 1.165) is 22.8 Å². The van der Waals surface area contributed by atoms with E-state index in [1.807, 2.05) is 0 Å². The molecule has 0 bridgehead atoms. The van der Waals surface area contributed by atoms with Crippen LogP contribution in [0.15, 0.2) is 46.1 Å². The SMILES string of the molecule is CC(O)c1cccc(F)c1CNC(=O)Oc1cc(F)c(S(=O)(=O)N(C(=O)OC(C)(C)C)c2cscn2)c(F)c1. The highest BCUT2D eigenvalue weighted by atomic mass is 32.2. The number of carbonyl (C=O) groups excluding carboxylic acids is 2. The number of ether oxygens (including phenoxy) is 2. The molecule has 1 aromatic heterocycles. The van der Waals surface area contributed by atoms with Gasteiger partial charge in [0.05, 0.1) is 11.6 Å². The van der Waals surface area contributed by atoms with Crippen molar-refractivity contribution in [2.24, 2.45) is 0 Å². The van der Waals surface area contributed by atoms with E-state index in [1.165, 1.54) is 45.3 Å². The number of amides is 2. The first-order chi connectivity index (χ1) is 18.1. The molecule has 1 unspecified atom stereocenters. The molecule has 1 atom stereocenters. The van der Waals surface area contributed by atoms with Gasteiger partial charge in [0.15, 0.2) is 10.7 Å². The lowest BCUT2D eigenvalue weighted by molar-refractivity contribution is 0.0608. The average molecular weight is 588 g/mol. The predicted octanol–water partition coefficient (Wildman–Crippen LogP) is 5.03. The minimum atomic E-state index is -5.23. The molecule has 0 aliphatic carbocycles. The molecule has 10 nitrogen and oxygen atoms in total. The van der Waals surface area contributed by atoms with E-state index in [1.54, 1.807) is 0 Å². The van der Waals surface area contributed by atoms with Gasteiger partial charge in [-0.15, -0.1) is 15.6 Å². The summed E-state index contributed by atoms with van der Waals surface area (Å²) in [5.41, 5.74) is 0.224. The number of halogens is 3. The number of thiazole rings is 1. The summed E-state index contributed by atoms with van der Waals surface area (Å²) < 4.78 is 80.6. The third-order valence-corrected chi connectivity index (χ3v) is 7.18. The Balaban J connectivity index is 1.86. The molecule has 3 rings (SSSR count). The minimum absolute atomic E-state index is 0.0254. The van der Waals surface area contributed by atoms with Gasteiger partial charge in [0, 0.05) is 29.6 Å². The van der Waals surface area contributed by atoms with E-state index in [4.69, 9.17) is 9.47 Å². The van der Waals surface area contributed by atoms with Crippen molar-refractivity contribution in [3.05, 3.63) is 69.8 Å². The molecule has 0 fully saturated rings. The number of aromatic nitrogens is 1. The molecule has 0 saturated heterocycles. The smallest absolute Gasteiger partial charge is 0.430 e. The maximum atomic E-state index is 15.0. The summed E-state index contributed by atoms with van der Waals surface area (Å²) >= 11 is 0.924. The lowest BCUT2D eigenvalue weighted by Gasteiger charge is -2.25. The lowest BCUT2D eigenvalue weighted by Crippen LogP contribution is -2.41. The van der Waals surface area contributed by atoms with Crippen molar-refractivity contribution >= 4 is 39.4 Å². The van der Waals surface area contributed by atoms with Crippen molar-refractivity contribution in [3.63, 3.8) is 0 Å². The van der Waals surface area contributed by atoms with E-state index in [9.17, 15) is 27.5 Å². The van der Waals surface area contributed by atoms with Crippen LogP contribution in [-0.4, -0.2) is 36.3 Å². The first-order valence-electron chi connectivity index (χ1n) is 11.2. The number of benzene rings is 2. The average Bonchev–Trinajstić information content (AvgIpc) is 3.29. The third kappa shape index (κ3) is 7.04. The van der Waals surface area contributed by atoms with Crippen molar-refractivity contribution in [2.75, 3.05) is 4.31 Å². The quantitative estimate of drug-likeness (QED) is 0.393. The van der Waals surface area contributed by atoms with Crippen molar-refractivity contribution in [1.29, 1.82) is 0 Å². The van der Waals surface area contributed by atoms with Crippen LogP contribution in [-0.2, 0) is 21.3 Å². The molecule has 210 valence electrons. The van der Waals surface area contributed by atoms with Crippen molar-refractivity contribution in [2.45, 2.75) is 50.8 Å². The topological polar surface area (TPSA) is 135 Å². The Morgan fingerprint density at radius 3 is 2.33 bits per heavy atom. The van der Waals surface area contributed by atoms with Crippen LogP contribution in [0.1, 0.15) is 44.9 Å². The summed E-state index contributed by atoms with van der Waals surface area (Å²) in [5, 5.41) is 13.1. The molecule has 2 aromatic carbocycles. The zero-order chi connectivity index (χ0) is 29.1. The van der Waals surface area contributed by atoms with Crippen molar-refractivity contribution in [3.8, 4) is 5.75 Å². The molecular formula is C24H24F3N3O7S2. The Kier molecular flexibility index (Phi) is 8.87. The van der Waals surface area contributed by atoms with Crippen LogP contribution in [0, 0.1) is 17.5 Å². The van der Waals surface area contributed by atoms with Gasteiger partial charge >= 0.3 is 12.2 Å². The number of sulfonamides is 1. The van der Waals surface area contributed by atoms with Gasteiger partial charge < -0.3 is 19.9 Å². The molecule has 3 aromatic rings. The number of nitrogens with zero attached hydrogens (tertiary/aromatic N) is 2. The molecular weight excluding hydrogens is 563 g/mol. The number of rotatable bonds is 7. The van der Waals surface area contributed by atoms with E-state index in [-0.39, 0.29) is 15.4 Å². The number of aliphatic hydroxyl groups is 1. The Morgan fingerprint density at radius 1 is 1.15 bits per heavy atom. The van der Waals surface area contributed by atoms with Gasteiger partial charge in [-0.25, -0.2) is 36.2 Å². The highest BCUT2D eigenvalue weighted by Gasteiger charge is 2.40. The summed E-state index contributed by atoms with van der Waals surface area (Å²) in [6, 6.07) is 4.79. The van der Waals surface area contributed by atoms with E-state index < -0.39 is 74.4 Å². The lowest BCUT2D eigenvalue weighted by atomic mass is 10.0. The normalized spacial score (nSPS) is 12.5. The molecule has 15 heteroatoms. The summed E-state index contributed by atoms with van der Waals surface area (Å²) in [6.07, 6.45) is -3.74. The second kappa shape index (κ2) is 11.6. The Morgan fingerprint density at radius 2 is 1.79 bits per heavy atom. The molecule has 0 radical (unpaired) electrons. The molecule has 0 saturated carbocycles. The Hall–Kier alpha value is -3.69. The van der Waals surface area contributed by atoms with Gasteiger partial charge in [-0.1, -0.05) is 12.1 Å². The molecule has 39 heavy (non-hydrogen) atoms. The molecule has 1 heterocycles. The van der Waals surface area contributed by atoms with Gasteiger partial charge in [-0.05, 0) is 39.3 Å². The standard InChI is InChI=1S/C24H24F3N3O7S2/c1-13(31)15-6-5-7-17(25)16(15)10-28-22(32)36-14-8-18(26)21(19(27)9-14)39(34,35)30(20-11-38-12-29-20)23(33)37-24(2,3)4/h5-9,11-13,31H,10H2,1-4H3,(H,28,32). The first-order valence-corrected chi connectivity index (χ1v) is 13.6. The van der Waals surface area contributed by atoms with Gasteiger partial charge in [-0.2, -0.15) is 0 Å². The van der Waals surface area contributed by atoms with Gasteiger partial charge in [-0.3, -0.25) is 0 Å². The van der Waals surface area contributed by atoms with Crippen LogP contribution in [0.2, 0.25) is 0 Å². The zero-order valence-electron chi connectivity index (χ0n) is 21.1. The number of anilines is 1. The zero-order valence-corrected chi connectivity index (χ0v) is 22.7. The number of nitrogens with one attached hydrogen (secondary N) is 1. The Labute approximate surface area is 226 Å². The largest absolute Gasteiger partial charge is 0.443 e. The van der Waals surface area contributed by atoms with Crippen LogP contribution >= 0.6 is 11.3 Å². The van der Waals surface area contributed by atoms with Gasteiger partial charge in [0.25, 0.3) is 10.0 Å². The maximum absolute atomic E-state index is 15.0.